The number of thiophene rings is 1. The second-order valence-electron chi connectivity index (χ2n) is 19.4. The first-order chi connectivity index (χ1) is 36.5. The summed E-state index contributed by atoms with van der Waals surface area (Å²) in [7, 11) is 3.07. The van der Waals surface area contributed by atoms with Crippen molar-refractivity contribution in [1.29, 1.82) is 0 Å². The van der Waals surface area contributed by atoms with Crippen LogP contribution in [-0.4, -0.2) is 84.4 Å². The maximum atomic E-state index is 13.9. The number of ether oxygens (including phenoxy) is 6. The SMILES string of the molecule is COc1ccc(C(=O)N(C(C)C)N(C(=O)c2ccc(OC(=O)C3CCC(C(=O)OCCc4ccc(OC(=O)C5CCC(C(=O)Oc6ccc(OC)cc6/C=C/C(=O)c6ccc(Cl)s6)CC5)cc4)CC3)cc2)C(C)C)cc1. The number of allylic oxidation sites excluding steroid dienone is 1. The van der Waals surface area contributed by atoms with Crippen LogP contribution in [0.15, 0.2) is 109 Å². The molecule has 0 N–H and O–H groups in total. The van der Waals surface area contributed by atoms with E-state index in [2.05, 4.69) is 0 Å². The van der Waals surface area contributed by atoms with E-state index in [1.54, 1.807) is 104 Å². The molecule has 400 valence electrons. The maximum Gasteiger partial charge on any atom is 0.314 e. The highest BCUT2D eigenvalue weighted by atomic mass is 35.5. The smallest absolute Gasteiger partial charge is 0.314 e. The third kappa shape index (κ3) is 14.8. The third-order valence-electron chi connectivity index (χ3n) is 13.5. The van der Waals surface area contributed by atoms with Crippen molar-refractivity contribution in [3.05, 3.63) is 141 Å². The molecule has 2 fully saturated rings. The van der Waals surface area contributed by atoms with E-state index in [4.69, 9.17) is 40.0 Å². The molecule has 1 aromatic heterocycles. The van der Waals surface area contributed by atoms with Crippen molar-refractivity contribution < 1.29 is 62.0 Å². The van der Waals surface area contributed by atoms with E-state index in [1.165, 1.54) is 34.5 Å². The summed E-state index contributed by atoms with van der Waals surface area (Å²) in [6, 6.07) is 27.6. The van der Waals surface area contributed by atoms with Crippen molar-refractivity contribution in [3.8, 4) is 28.7 Å². The summed E-state index contributed by atoms with van der Waals surface area (Å²) in [5.41, 5.74) is 2.11. The number of hydrazine groups is 1. The first-order valence-corrected chi connectivity index (χ1v) is 26.7. The van der Waals surface area contributed by atoms with Crippen LogP contribution >= 0.6 is 22.9 Å². The Morgan fingerprint density at radius 2 is 0.987 bits per heavy atom. The summed E-state index contributed by atoms with van der Waals surface area (Å²) in [4.78, 5) is 93.5. The first-order valence-electron chi connectivity index (χ1n) is 25.5. The minimum Gasteiger partial charge on any atom is -0.497 e. The van der Waals surface area contributed by atoms with E-state index < -0.39 is 23.8 Å². The van der Waals surface area contributed by atoms with Crippen LogP contribution in [0, 0.1) is 23.7 Å². The Hall–Kier alpha value is -7.30. The lowest BCUT2D eigenvalue weighted by atomic mass is 9.82. The fourth-order valence-corrected chi connectivity index (χ4v) is 10.2. The van der Waals surface area contributed by atoms with Gasteiger partial charge in [-0.1, -0.05) is 23.7 Å². The van der Waals surface area contributed by atoms with E-state index in [0.29, 0.717) is 101 Å². The third-order valence-corrected chi connectivity index (χ3v) is 14.8. The van der Waals surface area contributed by atoms with Gasteiger partial charge in [0.15, 0.2) is 5.78 Å². The van der Waals surface area contributed by atoms with Crippen LogP contribution in [0.3, 0.4) is 0 Å². The predicted octanol–water partition coefficient (Wildman–Crippen LogP) is 11.4. The number of halogens is 1. The van der Waals surface area contributed by atoms with Gasteiger partial charge in [0.1, 0.15) is 28.7 Å². The Bertz CT molecular complexity index is 2880. The number of hydrogen-bond donors (Lipinski definition) is 0. The molecule has 0 saturated heterocycles. The molecule has 0 radical (unpaired) electrons. The molecule has 0 bridgehead atoms. The highest BCUT2D eigenvalue weighted by Crippen LogP contribution is 2.35. The molecule has 2 saturated carbocycles. The number of amides is 2. The zero-order valence-corrected chi connectivity index (χ0v) is 45.1. The lowest BCUT2D eigenvalue weighted by molar-refractivity contribution is -0.152. The summed E-state index contributed by atoms with van der Waals surface area (Å²) in [6.45, 7) is 7.51. The maximum absolute atomic E-state index is 13.9. The molecule has 4 aromatic carbocycles. The van der Waals surface area contributed by atoms with Crippen LogP contribution in [-0.2, 0) is 30.3 Å². The Labute approximate surface area is 452 Å². The number of carbonyl (C=O) groups is 7. The standard InChI is InChI=1S/C59H63ClN2O13S/c1-36(2)61(54(64)39-17-24-46(70-5)25-18-39)62(37(3)4)55(65)40-19-26-48(27-20-40)74-58(68)42-11-9-41(10-12-42)56(66)72-34-33-38-7-22-47(23-8-38)73-57(67)43-13-15-44(16-14-43)59(69)75-51-30-28-49(71-6)35-45(51)21-29-50(63)52-31-32-53(60)76-52/h7-8,17-32,35-37,41-44H,9-16,33-34H2,1-6H3/b29-21+. The zero-order chi connectivity index (χ0) is 54.5. The Morgan fingerprint density at radius 1 is 0.553 bits per heavy atom. The van der Waals surface area contributed by atoms with Crippen molar-refractivity contribution in [2.75, 3.05) is 20.8 Å². The molecule has 0 atom stereocenters. The van der Waals surface area contributed by atoms with Crippen LogP contribution in [0.1, 0.15) is 121 Å². The molecule has 2 aliphatic carbocycles. The van der Waals surface area contributed by atoms with Crippen molar-refractivity contribution in [1.82, 2.24) is 10.0 Å². The van der Waals surface area contributed by atoms with Crippen LogP contribution < -0.4 is 23.7 Å². The van der Waals surface area contributed by atoms with Gasteiger partial charge in [0.2, 0.25) is 0 Å². The highest BCUT2D eigenvalue weighted by Gasteiger charge is 2.35. The lowest BCUT2D eigenvalue weighted by Gasteiger charge is -2.40. The van der Waals surface area contributed by atoms with Crippen molar-refractivity contribution >= 4 is 70.5 Å². The van der Waals surface area contributed by atoms with Crippen LogP contribution in [0.2, 0.25) is 4.34 Å². The first kappa shape index (κ1) is 56.4. The van der Waals surface area contributed by atoms with E-state index in [-0.39, 0.29) is 71.6 Å². The topological polar surface area (TPSA) is 181 Å². The van der Waals surface area contributed by atoms with Crippen molar-refractivity contribution in [3.63, 3.8) is 0 Å². The molecule has 0 aliphatic heterocycles. The minimum absolute atomic E-state index is 0.162. The number of ketones is 1. The molecule has 5 aromatic rings. The van der Waals surface area contributed by atoms with E-state index in [9.17, 15) is 33.6 Å². The quantitative estimate of drug-likeness (QED) is 0.0251. The second kappa shape index (κ2) is 26.5. The summed E-state index contributed by atoms with van der Waals surface area (Å²) in [5.74, 6) is -1.91. The normalized spacial score (nSPS) is 17.4. The molecule has 7 rings (SSSR count). The number of rotatable bonds is 19. The summed E-state index contributed by atoms with van der Waals surface area (Å²) in [6.07, 6.45) is 7.10. The molecular weight excluding hydrogens is 1010 g/mol. The molecule has 0 unspecified atom stereocenters. The van der Waals surface area contributed by atoms with Gasteiger partial charge >= 0.3 is 23.9 Å². The van der Waals surface area contributed by atoms with Gasteiger partial charge in [-0.3, -0.25) is 33.6 Å². The molecule has 2 amide bonds. The largest absolute Gasteiger partial charge is 0.497 e. The summed E-state index contributed by atoms with van der Waals surface area (Å²) in [5, 5.41) is 2.90. The van der Waals surface area contributed by atoms with Crippen LogP contribution in [0.5, 0.6) is 28.7 Å². The molecule has 17 heteroatoms. The van der Waals surface area contributed by atoms with E-state index in [1.807, 2.05) is 39.8 Å². The monoisotopic (exact) mass is 1070 g/mol. The fourth-order valence-electron chi connectivity index (χ4n) is 9.23. The fraction of sp³-hybridized carbons (Fsp3) is 0.373. The van der Waals surface area contributed by atoms with Gasteiger partial charge in [0.25, 0.3) is 11.8 Å². The van der Waals surface area contributed by atoms with Gasteiger partial charge in [-0.15, -0.1) is 11.3 Å². The van der Waals surface area contributed by atoms with Gasteiger partial charge in [-0.05, 0) is 188 Å². The lowest BCUT2D eigenvalue weighted by Crippen LogP contribution is -2.55. The Balaban J connectivity index is 0.800. The molecule has 0 spiro atoms. The zero-order valence-electron chi connectivity index (χ0n) is 43.5. The van der Waals surface area contributed by atoms with E-state index >= 15 is 0 Å². The van der Waals surface area contributed by atoms with Gasteiger partial charge in [0.05, 0.1) is 53.7 Å². The van der Waals surface area contributed by atoms with Gasteiger partial charge < -0.3 is 28.4 Å². The average Bonchev–Trinajstić information content (AvgIpc) is 3.88. The summed E-state index contributed by atoms with van der Waals surface area (Å²) < 4.78 is 34.0. The highest BCUT2D eigenvalue weighted by molar-refractivity contribution is 7.18. The Kier molecular flexibility index (Phi) is 19.6. The average molecular weight is 1080 g/mol. The molecule has 76 heavy (non-hydrogen) atoms. The van der Waals surface area contributed by atoms with Crippen LogP contribution in [0.4, 0.5) is 0 Å². The van der Waals surface area contributed by atoms with Gasteiger partial charge in [0, 0.05) is 35.2 Å². The number of methoxy groups -OCH3 is 2. The number of nitrogens with zero attached hydrogens (tertiary/aromatic N) is 2. The minimum atomic E-state index is -0.418. The molecular formula is C59H63ClN2O13S. The predicted molar refractivity (Wildman–Crippen MR) is 287 cm³/mol. The molecule has 2 aliphatic rings. The van der Waals surface area contributed by atoms with Gasteiger partial charge in [-0.25, -0.2) is 10.0 Å². The van der Waals surface area contributed by atoms with E-state index in [0.717, 1.165) is 5.56 Å². The summed E-state index contributed by atoms with van der Waals surface area (Å²) >= 11 is 7.16. The molecule has 15 nitrogen and oxygen atoms in total. The van der Waals surface area contributed by atoms with Crippen molar-refractivity contribution in [2.24, 2.45) is 23.7 Å². The number of benzene rings is 4. The van der Waals surface area contributed by atoms with Gasteiger partial charge in [-0.2, -0.15) is 0 Å². The Morgan fingerprint density at radius 3 is 1.43 bits per heavy atom. The van der Waals surface area contributed by atoms with Crippen LogP contribution in [0.25, 0.3) is 6.08 Å². The van der Waals surface area contributed by atoms with Crippen molar-refractivity contribution in [2.45, 2.75) is 97.6 Å². The molecule has 1 heterocycles. The second-order valence-corrected chi connectivity index (χ2v) is 21.1. The number of carbonyl (C=O) groups excluding carboxylic acids is 7. The number of esters is 4. The number of hydrogen-bond acceptors (Lipinski definition) is 14.